The van der Waals surface area contributed by atoms with Gasteiger partial charge in [-0.1, -0.05) is 13.0 Å². The van der Waals surface area contributed by atoms with E-state index in [4.69, 9.17) is 0 Å². The van der Waals surface area contributed by atoms with Crippen molar-refractivity contribution in [3.63, 3.8) is 0 Å². The second-order valence-corrected chi connectivity index (χ2v) is 4.08. The number of rotatable bonds is 5. The van der Waals surface area contributed by atoms with E-state index in [2.05, 4.69) is 6.58 Å². The maximum absolute atomic E-state index is 11.8. The Morgan fingerprint density at radius 3 is 2.29 bits per heavy atom. The van der Waals surface area contributed by atoms with Gasteiger partial charge in [0.25, 0.3) is 0 Å². The molecule has 0 aromatic carbocycles. The van der Waals surface area contributed by atoms with Crippen LogP contribution in [-0.4, -0.2) is 29.1 Å². The zero-order valence-corrected chi connectivity index (χ0v) is 9.66. The molecule has 0 bridgehead atoms. The molecule has 1 aliphatic heterocycles. The number of allylic oxidation sites excluding steroid dienone is 1. The van der Waals surface area contributed by atoms with E-state index in [9.17, 15) is 19.5 Å². The van der Waals surface area contributed by atoms with Gasteiger partial charge in [-0.15, -0.1) is 6.58 Å². The van der Waals surface area contributed by atoms with Crippen molar-refractivity contribution >= 4 is 17.8 Å². The van der Waals surface area contributed by atoms with Crippen LogP contribution in [0.4, 0.5) is 4.79 Å². The van der Waals surface area contributed by atoms with E-state index < -0.39 is 29.4 Å². The van der Waals surface area contributed by atoms with E-state index in [1.54, 1.807) is 6.92 Å². The predicted octanol–water partition coefficient (Wildman–Crippen LogP) is 0.0759. The number of barbiturate groups is 1. The van der Waals surface area contributed by atoms with Gasteiger partial charge in [0.15, 0.2) is 0 Å². The van der Waals surface area contributed by atoms with Crippen LogP contribution in [0.5, 0.6) is 0 Å². The van der Waals surface area contributed by atoms with Crippen LogP contribution in [0.15, 0.2) is 12.7 Å². The molecule has 4 amide bonds. The first-order chi connectivity index (χ1) is 7.96. The van der Waals surface area contributed by atoms with Crippen LogP contribution in [0.25, 0.3) is 0 Å². The first kappa shape index (κ1) is 13.4. The highest BCUT2D eigenvalue weighted by molar-refractivity contribution is 6.19. The van der Waals surface area contributed by atoms with Gasteiger partial charge in [0.1, 0.15) is 5.41 Å². The lowest BCUT2D eigenvalue weighted by atomic mass is 9.76. The monoisotopic (exact) mass is 240 g/mol. The van der Waals surface area contributed by atoms with Crippen LogP contribution < -0.4 is 10.6 Å². The topological polar surface area (TPSA) is 95.5 Å². The summed E-state index contributed by atoms with van der Waals surface area (Å²) in [7, 11) is 0. The molecule has 1 unspecified atom stereocenters. The summed E-state index contributed by atoms with van der Waals surface area (Å²) < 4.78 is 0. The number of aliphatic hydroxyl groups is 1. The molecule has 1 rings (SSSR count). The molecular formula is C11H16N2O4. The van der Waals surface area contributed by atoms with Crippen molar-refractivity contribution in [2.45, 2.75) is 32.3 Å². The average molecular weight is 240 g/mol. The van der Waals surface area contributed by atoms with Crippen molar-refractivity contribution in [2.24, 2.45) is 5.41 Å². The lowest BCUT2D eigenvalue weighted by Crippen LogP contribution is -2.63. The zero-order chi connectivity index (χ0) is 13.1. The van der Waals surface area contributed by atoms with Gasteiger partial charge in [-0.25, -0.2) is 4.79 Å². The predicted molar refractivity (Wildman–Crippen MR) is 59.8 cm³/mol. The van der Waals surface area contributed by atoms with E-state index >= 15 is 0 Å². The summed E-state index contributed by atoms with van der Waals surface area (Å²) in [5, 5.41) is 13.7. The Labute approximate surface area is 99.1 Å². The number of amides is 4. The molecule has 6 heteroatoms. The fraction of sp³-hybridized carbons (Fsp3) is 0.545. The van der Waals surface area contributed by atoms with Gasteiger partial charge in [0.05, 0.1) is 6.10 Å². The maximum atomic E-state index is 11.8. The highest BCUT2D eigenvalue weighted by atomic mass is 16.3. The summed E-state index contributed by atoms with van der Waals surface area (Å²) in [6.07, 6.45) is 1.12. The van der Waals surface area contributed by atoms with Crippen molar-refractivity contribution in [1.82, 2.24) is 10.6 Å². The van der Waals surface area contributed by atoms with E-state index in [0.29, 0.717) is 6.42 Å². The van der Waals surface area contributed by atoms with E-state index in [1.165, 1.54) is 6.08 Å². The summed E-state index contributed by atoms with van der Waals surface area (Å²) in [5.74, 6) is -1.36. The Balaban J connectivity index is 3.03. The molecule has 0 saturated carbocycles. The molecule has 17 heavy (non-hydrogen) atoms. The smallest absolute Gasteiger partial charge is 0.328 e. The molecule has 1 aliphatic rings. The largest absolute Gasteiger partial charge is 0.393 e. The van der Waals surface area contributed by atoms with Gasteiger partial charge < -0.3 is 5.11 Å². The highest BCUT2D eigenvalue weighted by Gasteiger charge is 2.50. The quantitative estimate of drug-likeness (QED) is 0.468. The SMILES string of the molecule is C=CCC1(CC(O)CC)C(=O)NC(=O)NC1=O. The van der Waals surface area contributed by atoms with Crippen LogP contribution >= 0.6 is 0 Å². The number of carbonyl (C=O) groups is 3. The minimum atomic E-state index is -1.44. The zero-order valence-electron chi connectivity index (χ0n) is 9.66. The number of carbonyl (C=O) groups excluding carboxylic acids is 3. The minimum absolute atomic E-state index is 0.0273. The fourth-order valence-corrected chi connectivity index (χ4v) is 1.83. The lowest BCUT2D eigenvalue weighted by molar-refractivity contribution is -0.146. The Bertz CT molecular complexity index is 344. The van der Waals surface area contributed by atoms with Crippen molar-refractivity contribution in [3.8, 4) is 0 Å². The summed E-state index contributed by atoms with van der Waals surface area (Å²) in [6, 6.07) is -0.828. The normalized spacial score (nSPS) is 20.5. The fourth-order valence-electron chi connectivity index (χ4n) is 1.83. The molecule has 1 fully saturated rings. The Kier molecular flexibility index (Phi) is 4.01. The van der Waals surface area contributed by atoms with Crippen molar-refractivity contribution in [2.75, 3.05) is 0 Å². The summed E-state index contributed by atoms with van der Waals surface area (Å²) in [6.45, 7) is 5.24. The summed E-state index contributed by atoms with van der Waals surface area (Å²) in [5.41, 5.74) is -1.44. The number of hydrogen-bond donors (Lipinski definition) is 3. The molecule has 0 radical (unpaired) electrons. The standard InChI is InChI=1S/C11H16N2O4/c1-3-5-11(6-7(14)4-2)8(15)12-10(17)13-9(11)16/h3,7,14H,1,4-6H2,2H3,(H2,12,13,15,16,17). The van der Waals surface area contributed by atoms with E-state index in [0.717, 1.165) is 0 Å². The number of urea groups is 1. The second-order valence-electron chi connectivity index (χ2n) is 4.08. The Morgan fingerprint density at radius 2 is 1.88 bits per heavy atom. The second kappa shape index (κ2) is 5.09. The van der Waals surface area contributed by atoms with Crippen LogP contribution in [0.1, 0.15) is 26.2 Å². The first-order valence-electron chi connectivity index (χ1n) is 5.42. The molecule has 0 spiro atoms. The molecule has 3 N–H and O–H groups in total. The molecule has 0 aliphatic carbocycles. The van der Waals surface area contributed by atoms with Crippen LogP contribution in [-0.2, 0) is 9.59 Å². The first-order valence-corrected chi connectivity index (χ1v) is 5.42. The number of hydrogen-bond acceptors (Lipinski definition) is 4. The summed E-state index contributed by atoms with van der Waals surface area (Å²) in [4.78, 5) is 34.6. The van der Waals surface area contributed by atoms with Crippen molar-refractivity contribution < 1.29 is 19.5 Å². The third-order valence-corrected chi connectivity index (χ3v) is 2.87. The Morgan fingerprint density at radius 1 is 1.35 bits per heavy atom. The van der Waals surface area contributed by atoms with E-state index in [1.807, 2.05) is 10.6 Å². The molecule has 1 atom stereocenters. The molecule has 1 saturated heterocycles. The van der Waals surface area contributed by atoms with Crippen LogP contribution in [0, 0.1) is 5.41 Å². The van der Waals surface area contributed by atoms with Crippen molar-refractivity contribution in [1.29, 1.82) is 0 Å². The summed E-state index contributed by atoms with van der Waals surface area (Å²) >= 11 is 0. The third kappa shape index (κ3) is 2.52. The third-order valence-electron chi connectivity index (χ3n) is 2.87. The Hall–Kier alpha value is -1.69. The number of aliphatic hydroxyl groups excluding tert-OH is 1. The van der Waals surface area contributed by atoms with Gasteiger partial charge in [0.2, 0.25) is 11.8 Å². The van der Waals surface area contributed by atoms with Gasteiger partial charge in [-0.2, -0.15) is 0 Å². The molecule has 94 valence electrons. The van der Waals surface area contributed by atoms with Gasteiger partial charge >= 0.3 is 6.03 Å². The minimum Gasteiger partial charge on any atom is -0.393 e. The number of imide groups is 2. The van der Waals surface area contributed by atoms with Gasteiger partial charge in [-0.3, -0.25) is 20.2 Å². The lowest BCUT2D eigenvalue weighted by Gasteiger charge is -2.34. The van der Waals surface area contributed by atoms with Gasteiger partial charge in [-0.05, 0) is 19.3 Å². The van der Waals surface area contributed by atoms with Gasteiger partial charge in [0, 0.05) is 0 Å². The highest BCUT2D eigenvalue weighted by Crippen LogP contribution is 2.32. The van der Waals surface area contributed by atoms with Crippen LogP contribution in [0.3, 0.4) is 0 Å². The van der Waals surface area contributed by atoms with E-state index in [-0.39, 0.29) is 12.8 Å². The number of nitrogens with one attached hydrogen (secondary N) is 2. The molecule has 1 heterocycles. The van der Waals surface area contributed by atoms with Crippen LogP contribution in [0.2, 0.25) is 0 Å². The van der Waals surface area contributed by atoms with Crippen molar-refractivity contribution in [3.05, 3.63) is 12.7 Å². The molecular weight excluding hydrogens is 224 g/mol. The average Bonchev–Trinajstić information content (AvgIpc) is 2.25. The molecule has 0 aromatic rings. The maximum Gasteiger partial charge on any atom is 0.328 e. The molecule has 6 nitrogen and oxygen atoms in total. The molecule has 0 aromatic heterocycles.